The molecule has 128 valence electrons. The lowest BCUT2D eigenvalue weighted by molar-refractivity contribution is 0.0137. The van der Waals surface area contributed by atoms with Crippen molar-refractivity contribution < 1.29 is 14.3 Å². The summed E-state index contributed by atoms with van der Waals surface area (Å²) in [6.07, 6.45) is 0. The Kier molecular flexibility index (Phi) is 5.59. The number of aromatic nitrogens is 1. The smallest absolute Gasteiger partial charge is 0.268 e. The van der Waals surface area contributed by atoms with Crippen molar-refractivity contribution in [3.8, 4) is 0 Å². The van der Waals surface area contributed by atoms with Gasteiger partial charge in [0.2, 0.25) is 0 Å². The number of hydrogen-bond acceptors (Lipinski definition) is 4. The van der Waals surface area contributed by atoms with Crippen LogP contribution >= 0.6 is 0 Å². The van der Waals surface area contributed by atoms with Crippen molar-refractivity contribution in [3.63, 3.8) is 0 Å². The molecule has 2 unspecified atom stereocenters. The average molecular weight is 321 g/mol. The summed E-state index contributed by atoms with van der Waals surface area (Å²) in [6.45, 7) is 12.5. The molecule has 2 heterocycles. The molecular weight excluding hydrogens is 294 g/mol. The summed E-state index contributed by atoms with van der Waals surface area (Å²) < 4.78 is 5.37. The number of carbonyl (C=O) groups excluding carboxylic acids is 2. The van der Waals surface area contributed by atoms with Crippen LogP contribution in [0, 0.1) is 13.8 Å². The van der Waals surface area contributed by atoms with Gasteiger partial charge in [0.25, 0.3) is 5.91 Å². The molecule has 0 aromatic carbocycles. The lowest BCUT2D eigenvalue weighted by Gasteiger charge is -2.35. The highest BCUT2D eigenvalue weighted by atomic mass is 16.5. The SMILES string of the molecule is CC(=O)c1c(C)[nH]c(C(=O)NC(C)C(C)N2CCOCC2)c1C. The van der Waals surface area contributed by atoms with E-state index >= 15 is 0 Å². The molecule has 6 heteroatoms. The van der Waals surface area contributed by atoms with Crippen molar-refractivity contribution in [2.45, 2.75) is 46.7 Å². The normalized spacial score (nSPS) is 18.5. The second kappa shape index (κ2) is 7.27. The molecule has 1 amide bonds. The molecule has 0 spiro atoms. The van der Waals surface area contributed by atoms with E-state index in [0.29, 0.717) is 11.3 Å². The molecule has 0 radical (unpaired) electrons. The number of ether oxygens (including phenoxy) is 1. The minimum absolute atomic E-state index is 0.00406. The standard InChI is InChI=1S/C17H27N3O3/c1-10-15(14(5)21)12(3)18-16(10)17(22)19-11(2)13(4)20-6-8-23-9-7-20/h11,13,18H,6-9H2,1-5H3,(H,19,22). The van der Waals surface area contributed by atoms with E-state index in [-0.39, 0.29) is 23.8 Å². The number of rotatable bonds is 5. The number of H-pyrrole nitrogens is 1. The maximum Gasteiger partial charge on any atom is 0.268 e. The first-order chi connectivity index (χ1) is 10.8. The summed E-state index contributed by atoms with van der Waals surface area (Å²) in [6, 6.07) is 0.232. The van der Waals surface area contributed by atoms with Crippen LogP contribution in [-0.4, -0.2) is 60.0 Å². The Morgan fingerprint density at radius 3 is 2.35 bits per heavy atom. The van der Waals surface area contributed by atoms with Gasteiger partial charge < -0.3 is 15.0 Å². The second-order valence-electron chi connectivity index (χ2n) is 6.33. The van der Waals surface area contributed by atoms with Crippen molar-refractivity contribution in [2.24, 2.45) is 0 Å². The molecule has 0 saturated carbocycles. The number of ketones is 1. The third-order valence-electron chi connectivity index (χ3n) is 4.72. The van der Waals surface area contributed by atoms with Crippen LogP contribution in [0.2, 0.25) is 0 Å². The number of nitrogens with one attached hydrogen (secondary N) is 2. The van der Waals surface area contributed by atoms with Crippen LogP contribution < -0.4 is 5.32 Å². The van der Waals surface area contributed by atoms with Gasteiger partial charge in [0.05, 0.1) is 13.2 Å². The molecule has 2 N–H and O–H groups in total. The number of aryl methyl sites for hydroxylation is 1. The van der Waals surface area contributed by atoms with Gasteiger partial charge in [-0.25, -0.2) is 0 Å². The monoisotopic (exact) mass is 321 g/mol. The highest BCUT2D eigenvalue weighted by Gasteiger charge is 2.25. The van der Waals surface area contributed by atoms with Gasteiger partial charge in [-0.1, -0.05) is 0 Å². The van der Waals surface area contributed by atoms with Crippen LogP contribution in [0.15, 0.2) is 0 Å². The molecule has 6 nitrogen and oxygen atoms in total. The Hall–Kier alpha value is -1.66. The first-order valence-electron chi connectivity index (χ1n) is 8.15. The second-order valence-corrected chi connectivity index (χ2v) is 6.33. The number of carbonyl (C=O) groups is 2. The van der Waals surface area contributed by atoms with Gasteiger partial charge in [-0.3, -0.25) is 14.5 Å². The van der Waals surface area contributed by atoms with Crippen LogP contribution in [0.3, 0.4) is 0 Å². The lowest BCUT2D eigenvalue weighted by Crippen LogP contribution is -2.52. The van der Waals surface area contributed by atoms with Gasteiger partial charge >= 0.3 is 0 Å². The predicted molar refractivity (Wildman–Crippen MR) is 89.1 cm³/mol. The Labute approximate surface area is 137 Å². The number of aromatic amines is 1. The summed E-state index contributed by atoms with van der Waals surface area (Å²) in [5.74, 6) is -0.184. The topological polar surface area (TPSA) is 74.4 Å². The third kappa shape index (κ3) is 3.82. The van der Waals surface area contributed by atoms with Crippen molar-refractivity contribution in [2.75, 3.05) is 26.3 Å². The minimum atomic E-state index is -0.161. The first kappa shape index (κ1) is 17.7. The third-order valence-corrected chi connectivity index (χ3v) is 4.72. The Morgan fingerprint density at radius 1 is 1.22 bits per heavy atom. The molecule has 1 fully saturated rings. The number of Topliss-reactive ketones (excluding diaryl/α,β-unsaturated/α-hetero) is 1. The fourth-order valence-electron chi connectivity index (χ4n) is 3.21. The van der Waals surface area contributed by atoms with E-state index in [9.17, 15) is 9.59 Å². The van der Waals surface area contributed by atoms with Crippen molar-refractivity contribution in [3.05, 3.63) is 22.5 Å². The number of morpholine rings is 1. The van der Waals surface area contributed by atoms with Crippen molar-refractivity contribution in [1.29, 1.82) is 0 Å². The van der Waals surface area contributed by atoms with Crippen LogP contribution in [0.25, 0.3) is 0 Å². The van der Waals surface area contributed by atoms with Crippen LogP contribution in [0.5, 0.6) is 0 Å². The van der Waals surface area contributed by atoms with E-state index < -0.39 is 0 Å². The van der Waals surface area contributed by atoms with Gasteiger partial charge in [0, 0.05) is 36.4 Å². The lowest BCUT2D eigenvalue weighted by atomic mass is 10.1. The molecule has 0 aliphatic carbocycles. The predicted octanol–water partition coefficient (Wildman–Crippen LogP) is 1.67. The van der Waals surface area contributed by atoms with E-state index in [1.807, 2.05) is 20.8 Å². The van der Waals surface area contributed by atoms with Gasteiger partial charge in [-0.15, -0.1) is 0 Å². The van der Waals surface area contributed by atoms with Crippen LogP contribution in [0.1, 0.15) is 52.9 Å². The van der Waals surface area contributed by atoms with Crippen molar-refractivity contribution >= 4 is 11.7 Å². The van der Waals surface area contributed by atoms with Gasteiger partial charge in [-0.2, -0.15) is 0 Å². The Bertz CT molecular complexity index is 588. The van der Waals surface area contributed by atoms with Crippen LogP contribution in [0.4, 0.5) is 0 Å². The molecular formula is C17H27N3O3. The summed E-state index contributed by atoms with van der Waals surface area (Å²) >= 11 is 0. The quantitative estimate of drug-likeness (QED) is 0.809. The zero-order valence-electron chi connectivity index (χ0n) is 14.7. The zero-order valence-corrected chi connectivity index (χ0v) is 14.7. The summed E-state index contributed by atoms with van der Waals surface area (Å²) in [7, 11) is 0. The maximum absolute atomic E-state index is 12.6. The van der Waals surface area contributed by atoms with Gasteiger partial charge in [-0.05, 0) is 40.2 Å². The van der Waals surface area contributed by atoms with E-state index in [2.05, 4.69) is 22.1 Å². The fraction of sp³-hybridized carbons (Fsp3) is 0.647. The molecule has 1 aromatic heterocycles. The molecule has 1 aliphatic rings. The van der Waals surface area contributed by atoms with E-state index in [1.54, 1.807) is 0 Å². The number of hydrogen-bond donors (Lipinski definition) is 2. The van der Waals surface area contributed by atoms with Crippen LogP contribution in [-0.2, 0) is 4.74 Å². The zero-order chi connectivity index (χ0) is 17.1. The highest BCUT2D eigenvalue weighted by molar-refractivity contribution is 6.02. The first-order valence-corrected chi connectivity index (χ1v) is 8.15. The fourth-order valence-corrected chi connectivity index (χ4v) is 3.21. The molecule has 1 aliphatic heterocycles. The molecule has 2 atom stereocenters. The number of nitrogens with zero attached hydrogens (tertiary/aromatic N) is 1. The summed E-state index contributed by atoms with van der Waals surface area (Å²) in [5.41, 5.74) is 2.56. The molecule has 1 saturated heterocycles. The van der Waals surface area contributed by atoms with E-state index in [4.69, 9.17) is 4.74 Å². The average Bonchev–Trinajstić information content (AvgIpc) is 2.82. The largest absolute Gasteiger partial charge is 0.379 e. The Morgan fingerprint density at radius 2 is 1.83 bits per heavy atom. The van der Waals surface area contributed by atoms with Gasteiger partial charge in [0.15, 0.2) is 5.78 Å². The van der Waals surface area contributed by atoms with E-state index in [1.165, 1.54) is 6.92 Å². The van der Waals surface area contributed by atoms with Gasteiger partial charge in [0.1, 0.15) is 5.69 Å². The minimum Gasteiger partial charge on any atom is -0.379 e. The van der Waals surface area contributed by atoms with E-state index in [0.717, 1.165) is 37.6 Å². The highest BCUT2D eigenvalue weighted by Crippen LogP contribution is 2.19. The molecule has 2 rings (SSSR count). The maximum atomic E-state index is 12.6. The number of amides is 1. The molecule has 23 heavy (non-hydrogen) atoms. The molecule has 0 bridgehead atoms. The molecule has 1 aromatic rings. The summed E-state index contributed by atoms with van der Waals surface area (Å²) in [5, 5.41) is 3.05. The van der Waals surface area contributed by atoms with Crippen molar-refractivity contribution in [1.82, 2.24) is 15.2 Å². The summed E-state index contributed by atoms with van der Waals surface area (Å²) in [4.78, 5) is 29.6. The Balaban J connectivity index is 2.06.